The summed E-state index contributed by atoms with van der Waals surface area (Å²) in [5.74, 6) is -0.501. The Morgan fingerprint density at radius 2 is 2.20 bits per heavy atom. The first-order chi connectivity index (χ1) is 9.50. The maximum atomic E-state index is 13.6. The van der Waals surface area contributed by atoms with Crippen LogP contribution in [0.4, 0.5) is 9.18 Å². The van der Waals surface area contributed by atoms with Gasteiger partial charge in [0.05, 0.1) is 7.05 Å². The molecule has 3 amide bonds. The zero-order valence-corrected chi connectivity index (χ0v) is 11.6. The Morgan fingerprint density at radius 1 is 1.50 bits per heavy atom. The fourth-order valence-corrected chi connectivity index (χ4v) is 2.22. The van der Waals surface area contributed by atoms with Crippen molar-refractivity contribution in [2.24, 2.45) is 0 Å². The summed E-state index contributed by atoms with van der Waals surface area (Å²) >= 11 is 0. The Bertz CT molecular complexity index is 521. The van der Waals surface area contributed by atoms with E-state index in [0.29, 0.717) is 25.2 Å². The molecule has 1 heterocycles. The number of carbonyl (C=O) groups is 2. The van der Waals surface area contributed by atoms with E-state index in [9.17, 15) is 14.0 Å². The van der Waals surface area contributed by atoms with Crippen LogP contribution < -0.4 is 10.2 Å². The Kier molecular flexibility index (Phi) is 4.34. The normalized spacial score (nSPS) is 17.8. The standard InChI is InChI=1S/C14H18FN3O2/c1-10(13(19)18-8-7-16-14(18)20)17(2)9-11-5-3-4-6-12(11)15/h3-6,10H,7-9H2,1-2H3,(H,16,20)/p+1/t10-/m0/s1. The predicted octanol–water partition coefficient (Wildman–Crippen LogP) is -0.219. The molecule has 6 heteroatoms. The maximum Gasteiger partial charge on any atom is 0.324 e. The van der Waals surface area contributed by atoms with Gasteiger partial charge in [-0.3, -0.25) is 9.69 Å². The van der Waals surface area contributed by atoms with Crippen LogP contribution in [0.3, 0.4) is 0 Å². The number of benzene rings is 1. The third kappa shape index (κ3) is 2.96. The molecule has 0 aromatic heterocycles. The van der Waals surface area contributed by atoms with Crippen LogP contribution in [0.25, 0.3) is 0 Å². The van der Waals surface area contributed by atoms with E-state index in [1.165, 1.54) is 11.0 Å². The minimum atomic E-state index is -0.404. The van der Waals surface area contributed by atoms with E-state index in [-0.39, 0.29) is 17.8 Å². The lowest BCUT2D eigenvalue weighted by Crippen LogP contribution is -3.12. The number of rotatable bonds is 4. The van der Waals surface area contributed by atoms with Crippen molar-refractivity contribution in [3.8, 4) is 0 Å². The molecule has 108 valence electrons. The van der Waals surface area contributed by atoms with Crippen molar-refractivity contribution in [3.05, 3.63) is 35.6 Å². The number of nitrogens with one attached hydrogen (secondary N) is 2. The van der Waals surface area contributed by atoms with E-state index in [2.05, 4.69) is 5.32 Å². The average Bonchev–Trinajstić information content (AvgIpc) is 2.86. The summed E-state index contributed by atoms with van der Waals surface area (Å²) in [7, 11) is 1.82. The molecular formula is C14H19FN3O2+. The number of likely N-dealkylation sites (N-methyl/N-ethyl adjacent to an activating group) is 1. The van der Waals surface area contributed by atoms with Gasteiger partial charge in [-0.15, -0.1) is 0 Å². The molecule has 0 bridgehead atoms. The fraction of sp³-hybridized carbons (Fsp3) is 0.429. The molecule has 2 atom stereocenters. The molecule has 2 rings (SSSR count). The molecule has 0 aliphatic carbocycles. The van der Waals surface area contributed by atoms with Crippen LogP contribution in [0.2, 0.25) is 0 Å². The van der Waals surface area contributed by atoms with Gasteiger partial charge in [-0.05, 0) is 13.0 Å². The zero-order chi connectivity index (χ0) is 14.7. The van der Waals surface area contributed by atoms with Crippen molar-refractivity contribution in [3.63, 3.8) is 0 Å². The van der Waals surface area contributed by atoms with Gasteiger partial charge in [-0.25, -0.2) is 9.18 Å². The smallest absolute Gasteiger partial charge is 0.324 e. The molecule has 2 N–H and O–H groups in total. The van der Waals surface area contributed by atoms with Gasteiger partial charge in [-0.2, -0.15) is 0 Å². The minimum Gasteiger partial charge on any atom is -0.336 e. The van der Waals surface area contributed by atoms with Crippen molar-refractivity contribution >= 4 is 11.9 Å². The molecule has 20 heavy (non-hydrogen) atoms. The SMILES string of the molecule is C[C@@H](C(=O)N1CCNC1=O)[NH+](C)Cc1ccccc1F. The lowest BCUT2D eigenvalue weighted by molar-refractivity contribution is -0.908. The second kappa shape index (κ2) is 6.00. The Labute approximate surface area is 117 Å². The maximum absolute atomic E-state index is 13.6. The molecule has 1 aromatic carbocycles. The molecular weight excluding hydrogens is 261 g/mol. The highest BCUT2D eigenvalue weighted by Crippen LogP contribution is 2.05. The highest BCUT2D eigenvalue weighted by atomic mass is 19.1. The lowest BCUT2D eigenvalue weighted by Gasteiger charge is -2.24. The van der Waals surface area contributed by atoms with Crippen molar-refractivity contribution in [1.29, 1.82) is 0 Å². The molecule has 0 spiro atoms. The Balaban J connectivity index is 2.01. The molecule has 1 aliphatic heterocycles. The number of halogens is 1. The van der Waals surface area contributed by atoms with Gasteiger partial charge >= 0.3 is 6.03 Å². The molecule has 1 aliphatic rings. The first kappa shape index (κ1) is 14.5. The number of imide groups is 1. The largest absolute Gasteiger partial charge is 0.336 e. The second-order valence-corrected chi connectivity index (χ2v) is 5.06. The molecule has 1 saturated heterocycles. The first-order valence-electron chi connectivity index (χ1n) is 6.65. The summed E-state index contributed by atoms with van der Waals surface area (Å²) in [6, 6.07) is 5.77. The minimum absolute atomic E-state index is 0.228. The van der Waals surface area contributed by atoms with Crippen molar-refractivity contribution in [2.45, 2.75) is 19.5 Å². The predicted molar refractivity (Wildman–Crippen MR) is 71.6 cm³/mol. The van der Waals surface area contributed by atoms with Gasteiger partial charge in [-0.1, -0.05) is 18.2 Å². The summed E-state index contributed by atoms with van der Waals surface area (Å²) in [6.45, 7) is 3.04. The summed E-state index contributed by atoms with van der Waals surface area (Å²) < 4.78 is 13.6. The van der Waals surface area contributed by atoms with Crippen LogP contribution in [-0.2, 0) is 11.3 Å². The van der Waals surface area contributed by atoms with Gasteiger partial charge in [0.1, 0.15) is 12.4 Å². The zero-order valence-electron chi connectivity index (χ0n) is 11.6. The third-order valence-electron chi connectivity index (χ3n) is 3.66. The van der Waals surface area contributed by atoms with Crippen LogP contribution in [0.5, 0.6) is 0 Å². The average molecular weight is 280 g/mol. The van der Waals surface area contributed by atoms with E-state index >= 15 is 0 Å². The van der Waals surface area contributed by atoms with Crippen LogP contribution in [0, 0.1) is 5.82 Å². The molecule has 0 radical (unpaired) electrons. The molecule has 5 nitrogen and oxygen atoms in total. The molecule has 0 saturated carbocycles. The summed E-state index contributed by atoms with van der Waals surface area (Å²) in [5.41, 5.74) is 0.565. The summed E-state index contributed by atoms with van der Waals surface area (Å²) in [6.07, 6.45) is 0. The van der Waals surface area contributed by atoms with Crippen LogP contribution >= 0.6 is 0 Å². The van der Waals surface area contributed by atoms with Crippen LogP contribution in [-0.4, -0.2) is 43.0 Å². The topological polar surface area (TPSA) is 53.9 Å². The van der Waals surface area contributed by atoms with Crippen molar-refractivity contribution in [1.82, 2.24) is 10.2 Å². The third-order valence-corrected chi connectivity index (χ3v) is 3.66. The van der Waals surface area contributed by atoms with E-state index in [4.69, 9.17) is 0 Å². The Morgan fingerprint density at radius 3 is 2.80 bits per heavy atom. The number of urea groups is 1. The van der Waals surface area contributed by atoms with Crippen LogP contribution in [0.15, 0.2) is 24.3 Å². The molecule has 1 aromatic rings. The van der Waals surface area contributed by atoms with Crippen molar-refractivity contribution in [2.75, 3.05) is 20.1 Å². The van der Waals surface area contributed by atoms with E-state index in [0.717, 1.165) is 4.90 Å². The number of amides is 3. The van der Waals surface area contributed by atoms with Gasteiger partial charge in [0.2, 0.25) is 0 Å². The van der Waals surface area contributed by atoms with Gasteiger partial charge < -0.3 is 10.2 Å². The second-order valence-electron chi connectivity index (χ2n) is 5.06. The van der Waals surface area contributed by atoms with E-state index < -0.39 is 6.04 Å². The van der Waals surface area contributed by atoms with E-state index in [1.807, 2.05) is 7.05 Å². The first-order valence-corrected chi connectivity index (χ1v) is 6.65. The van der Waals surface area contributed by atoms with Gasteiger partial charge in [0, 0.05) is 18.7 Å². The van der Waals surface area contributed by atoms with Crippen molar-refractivity contribution < 1.29 is 18.9 Å². The summed E-state index contributed by atoms with van der Waals surface area (Å²) in [5, 5.41) is 2.60. The summed E-state index contributed by atoms with van der Waals surface area (Å²) in [4.78, 5) is 25.8. The fourth-order valence-electron chi connectivity index (χ4n) is 2.22. The molecule has 1 fully saturated rings. The van der Waals surface area contributed by atoms with Gasteiger partial charge in [0.15, 0.2) is 6.04 Å². The number of hydrogen-bond donors (Lipinski definition) is 2. The van der Waals surface area contributed by atoms with E-state index in [1.54, 1.807) is 25.1 Å². The highest BCUT2D eigenvalue weighted by Gasteiger charge is 2.33. The Hall–Kier alpha value is -1.95. The number of quaternary nitrogens is 1. The number of carbonyl (C=O) groups excluding carboxylic acids is 2. The molecule has 1 unspecified atom stereocenters. The lowest BCUT2D eigenvalue weighted by atomic mass is 10.1. The quantitative estimate of drug-likeness (QED) is 0.801. The van der Waals surface area contributed by atoms with Crippen LogP contribution in [0.1, 0.15) is 12.5 Å². The number of nitrogens with zero attached hydrogens (tertiary/aromatic N) is 1. The number of hydrogen-bond acceptors (Lipinski definition) is 2. The highest BCUT2D eigenvalue weighted by molar-refractivity contribution is 5.97. The van der Waals surface area contributed by atoms with Gasteiger partial charge in [0.25, 0.3) is 5.91 Å². The monoisotopic (exact) mass is 280 g/mol.